The van der Waals surface area contributed by atoms with E-state index in [1.807, 2.05) is 19.0 Å². The fourth-order valence-electron chi connectivity index (χ4n) is 3.23. The second-order valence-electron chi connectivity index (χ2n) is 6.28. The van der Waals surface area contributed by atoms with Crippen molar-refractivity contribution in [3.63, 3.8) is 0 Å². The first-order valence-corrected chi connectivity index (χ1v) is 7.82. The Morgan fingerprint density at radius 1 is 1.00 bits per heavy atom. The lowest BCUT2D eigenvalue weighted by Gasteiger charge is -2.22. The normalized spacial score (nSPS) is 18.0. The fraction of sp³-hybridized carbons (Fsp3) is 0.389. The van der Waals surface area contributed by atoms with Crippen LogP contribution in [0.2, 0.25) is 0 Å². The average molecular weight is 312 g/mol. The highest BCUT2D eigenvalue weighted by Gasteiger charge is 2.33. The van der Waals surface area contributed by atoms with Gasteiger partial charge in [0, 0.05) is 35.4 Å². The maximum absolute atomic E-state index is 12.7. The van der Waals surface area contributed by atoms with Crippen LogP contribution < -0.4 is 0 Å². The molecular formula is C18H20N2O3. The topological polar surface area (TPSA) is 57.7 Å². The number of nitrogens with zero attached hydrogens (tertiary/aromatic N) is 2. The van der Waals surface area contributed by atoms with E-state index in [4.69, 9.17) is 0 Å². The Kier molecular flexibility index (Phi) is 4.13. The number of ketones is 2. The highest BCUT2D eigenvalue weighted by Crippen LogP contribution is 2.31. The second kappa shape index (κ2) is 6.08. The number of benzene rings is 1. The molecule has 5 nitrogen and oxygen atoms in total. The molecule has 0 fully saturated rings. The molecule has 0 bridgehead atoms. The van der Waals surface area contributed by atoms with Gasteiger partial charge in [-0.2, -0.15) is 0 Å². The van der Waals surface area contributed by atoms with E-state index in [2.05, 4.69) is 0 Å². The van der Waals surface area contributed by atoms with Crippen molar-refractivity contribution in [2.75, 3.05) is 33.7 Å². The lowest BCUT2D eigenvalue weighted by atomic mass is 9.82. The molecule has 1 aliphatic heterocycles. The van der Waals surface area contributed by atoms with Crippen LogP contribution in [0.1, 0.15) is 33.6 Å². The molecular weight excluding hydrogens is 292 g/mol. The first-order valence-electron chi connectivity index (χ1n) is 7.82. The van der Waals surface area contributed by atoms with Crippen LogP contribution in [0.3, 0.4) is 0 Å². The van der Waals surface area contributed by atoms with E-state index in [0.717, 1.165) is 0 Å². The molecule has 0 spiro atoms. The van der Waals surface area contributed by atoms with Crippen LogP contribution in [-0.4, -0.2) is 61.0 Å². The summed E-state index contributed by atoms with van der Waals surface area (Å²) in [6.07, 6.45) is 0.904. The second-order valence-corrected chi connectivity index (χ2v) is 6.28. The van der Waals surface area contributed by atoms with Crippen LogP contribution in [-0.2, 0) is 4.79 Å². The van der Waals surface area contributed by atoms with E-state index in [9.17, 15) is 14.4 Å². The first-order chi connectivity index (χ1) is 11.0. The third-order valence-corrected chi connectivity index (χ3v) is 4.40. The van der Waals surface area contributed by atoms with Gasteiger partial charge in [-0.1, -0.05) is 24.3 Å². The van der Waals surface area contributed by atoms with Crippen LogP contribution in [0.4, 0.5) is 0 Å². The standard InChI is InChI=1S/C18H20N2O3/c1-19(2)11-16(21)20-9-7-14-15(8-10-20)18(23)13-6-4-3-5-12(13)17(14)22/h3-6H,7-11H2,1-2H3. The number of fused-ring (bicyclic) bond motifs is 1. The van der Waals surface area contributed by atoms with E-state index in [1.54, 1.807) is 29.2 Å². The summed E-state index contributed by atoms with van der Waals surface area (Å²) < 4.78 is 0. The Hall–Kier alpha value is -2.27. The number of amides is 1. The molecule has 23 heavy (non-hydrogen) atoms. The van der Waals surface area contributed by atoms with Gasteiger partial charge in [0.25, 0.3) is 0 Å². The molecule has 2 aliphatic rings. The average Bonchev–Trinajstić information content (AvgIpc) is 2.75. The third-order valence-electron chi connectivity index (χ3n) is 4.40. The van der Waals surface area contributed by atoms with Gasteiger partial charge in [-0.05, 0) is 26.9 Å². The minimum atomic E-state index is -0.0582. The number of likely N-dealkylation sites (N-methyl/N-ethyl adjacent to an activating group) is 1. The van der Waals surface area contributed by atoms with E-state index in [0.29, 0.717) is 54.7 Å². The zero-order chi connectivity index (χ0) is 16.6. The number of Topliss-reactive ketones (excluding diaryl/α,β-unsaturated/α-hetero) is 2. The van der Waals surface area contributed by atoms with Crippen molar-refractivity contribution in [1.82, 2.24) is 9.80 Å². The predicted molar refractivity (Wildman–Crippen MR) is 86.5 cm³/mol. The Balaban J connectivity index is 1.85. The molecule has 5 heteroatoms. The molecule has 0 saturated carbocycles. The minimum Gasteiger partial charge on any atom is -0.341 e. The highest BCUT2D eigenvalue weighted by molar-refractivity contribution is 6.27. The van der Waals surface area contributed by atoms with E-state index < -0.39 is 0 Å². The Morgan fingerprint density at radius 3 is 1.91 bits per heavy atom. The Bertz CT molecular complexity index is 670. The van der Waals surface area contributed by atoms with Crippen molar-refractivity contribution in [3.05, 3.63) is 46.5 Å². The molecule has 0 atom stereocenters. The van der Waals surface area contributed by atoms with Crippen LogP contribution in [0.15, 0.2) is 35.4 Å². The number of carbonyl (C=O) groups is 3. The van der Waals surface area contributed by atoms with Crippen LogP contribution in [0.5, 0.6) is 0 Å². The van der Waals surface area contributed by atoms with Crippen molar-refractivity contribution in [2.45, 2.75) is 12.8 Å². The van der Waals surface area contributed by atoms with Gasteiger partial charge >= 0.3 is 0 Å². The largest absolute Gasteiger partial charge is 0.341 e. The quantitative estimate of drug-likeness (QED) is 0.831. The zero-order valence-corrected chi connectivity index (χ0v) is 13.5. The summed E-state index contributed by atoms with van der Waals surface area (Å²) >= 11 is 0. The first kappa shape index (κ1) is 15.6. The predicted octanol–water partition coefficient (Wildman–Crippen LogP) is 1.55. The van der Waals surface area contributed by atoms with Gasteiger partial charge in [-0.15, -0.1) is 0 Å². The molecule has 0 N–H and O–H groups in total. The zero-order valence-electron chi connectivity index (χ0n) is 13.5. The molecule has 120 valence electrons. The monoisotopic (exact) mass is 312 g/mol. The molecule has 1 aliphatic carbocycles. The summed E-state index contributed by atoms with van der Waals surface area (Å²) in [5, 5.41) is 0. The van der Waals surface area contributed by atoms with Gasteiger partial charge in [-0.3, -0.25) is 14.4 Å². The van der Waals surface area contributed by atoms with Crippen molar-refractivity contribution in [1.29, 1.82) is 0 Å². The maximum Gasteiger partial charge on any atom is 0.236 e. The SMILES string of the molecule is CN(C)CC(=O)N1CCC2=C(CC1)C(=O)c1ccccc1C2=O. The van der Waals surface area contributed by atoms with Gasteiger partial charge in [-0.25, -0.2) is 0 Å². The lowest BCUT2D eigenvalue weighted by molar-refractivity contribution is -0.131. The van der Waals surface area contributed by atoms with Gasteiger partial charge in [0.2, 0.25) is 5.91 Å². The summed E-state index contributed by atoms with van der Waals surface area (Å²) in [4.78, 5) is 41.2. The van der Waals surface area contributed by atoms with Crippen molar-refractivity contribution in [3.8, 4) is 0 Å². The Morgan fingerprint density at radius 2 is 1.48 bits per heavy atom. The maximum atomic E-state index is 12.7. The summed E-state index contributed by atoms with van der Waals surface area (Å²) in [7, 11) is 3.70. The van der Waals surface area contributed by atoms with Crippen LogP contribution in [0, 0.1) is 0 Å². The highest BCUT2D eigenvalue weighted by atomic mass is 16.2. The molecule has 0 aromatic heterocycles. The number of carbonyl (C=O) groups excluding carboxylic acids is 3. The molecule has 3 rings (SSSR count). The molecule has 1 heterocycles. The third kappa shape index (κ3) is 2.84. The summed E-state index contributed by atoms with van der Waals surface area (Å²) in [5.74, 6) is -0.0820. The molecule has 1 aromatic carbocycles. The molecule has 0 radical (unpaired) electrons. The molecule has 0 unspecified atom stereocenters. The smallest absolute Gasteiger partial charge is 0.236 e. The summed E-state index contributed by atoms with van der Waals surface area (Å²) in [5.41, 5.74) is 2.16. The summed E-state index contributed by atoms with van der Waals surface area (Å²) in [6.45, 7) is 1.33. The van der Waals surface area contributed by atoms with Gasteiger partial charge in [0.15, 0.2) is 11.6 Å². The lowest BCUT2D eigenvalue weighted by Crippen LogP contribution is -2.38. The minimum absolute atomic E-state index is 0.0345. The Labute approximate surface area is 135 Å². The van der Waals surface area contributed by atoms with E-state index >= 15 is 0 Å². The van der Waals surface area contributed by atoms with E-state index in [1.165, 1.54) is 0 Å². The number of hydrogen-bond donors (Lipinski definition) is 0. The number of rotatable bonds is 2. The van der Waals surface area contributed by atoms with E-state index in [-0.39, 0.29) is 17.5 Å². The van der Waals surface area contributed by atoms with Crippen LogP contribution >= 0.6 is 0 Å². The number of hydrogen-bond acceptors (Lipinski definition) is 4. The fourth-order valence-corrected chi connectivity index (χ4v) is 3.23. The molecule has 1 amide bonds. The van der Waals surface area contributed by atoms with Crippen molar-refractivity contribution < 1.29 is 14.4 Å². The van der Waals surface area contributed by atoms with Crippen molar-refractivity contribution >= 4 is 17.5 Å². The molecule has 0 saturated heterocycles. The summed E-state index contributed by atoms with van der Waals surface area (Å²) in [6, 6.07) is 6.97. The van der Waals surface area contributed by atoms with Gasteiger partial charge < -0.3 is 9.80 Å². The van der Waals surface area contributed by atoms with Crippen molar-refractivity contribution in [2.24, 2.45) is 0 Å². The molecule has 1 aromatic rings. The van der Waals surface area contributed by atoms with Gasteiger partial charge in [0.05, 0.1) is 6.54 Å². The van der Waals surface area contributed by atoms with Gasteiger partial charge in [0.1, 0.15) is 0 Å². The van der Waals surface area contributed by atoms with Crippen LogP contribution in [0.25, 0.3) is 0 Å².